The van der Waals surface area contributed by atoms with Gasteiger partial charge in [-0.2, -0.15) is 0 Å². The van der Waals surface area contributed by atoms with E-state index in [0.29, 0.717) is 0 Å². The van der Waals surface area contributed by atoms with Crippen LogP contribution in [-0.4, -0.2) is 0 Å². The SMILES string of the molecule is C=C/C=C(\C=C/C)C(/C)=C(CCC)/C(=C\C)Cc1ccc2c(c1)C(C)(C)c1cc(C)c(C=C)c(C=C)c1-2. The van der Waals surface area contributed by atoms with Gasteiger partial charge in [0, 0.05) is 5.41 Å². The molecule has 0 bridgehead atoms. The molecule has 0 heteroatoms. The van der Waals surface area contributed by atoms with Gasteiger partial charge in [-0.3, -0.25) is 0 Å². The van der Waals surface area contributed by atoms with Crippen molar-refractivity contribution in [3.8, 4) is 11.1 Å². The Balaban J connectivity index is 2.13. The molecule has 0 unspecified atom stereocenters. The van der Waals surface area contributed by atoms with E-state index in [9.17, 15) is 0 Å². The Hall–Kier alpha value is -3.38. The van der Waals surface area contributed by atoms with E-state index < -0.39 is 0 Å². The minimum absolute atomic E-state index is 0.0667. The van der Waals surface area contributed by atoms with Crippen molar-refractivity contribution >= 4 is 12.2 Å². The van der Waals surface area contributed by atoms with Crippen LogP contribution in [0.5, 0.6) is 0 Å². The van der Waals surface area contributed by atoms with Crippen molar-refractivity contribution in [1.29, 1.82) is 0 Å². The molecule has 2 aromatic carbocycles. The van der Waals surface area contributed by atoms with E-state index in [4.69, 9.17) is 0 Å². The van der Waals surface area contributed by atoms with E-state index in [2.05, 4.69) is 117 Å². The summed E-state index contributed by atoms with van der Waals surface area (Å²) >= 11 is 0. The van der Waals surface area contributed by atoms with Crippen molar-refractivity contribution in [2.75, 3.05) is 0 Å². The second-order valence-corrected chi connectivity index (χ2v) is 10.6. The Bertz CT molecular complexity index is 1340. The average Bonchev–Trinajstić information content (AvgIpc) is 3.10. The maximum absolute atomic E-state index is 4.16. The summed E-state index contributed by atoms with van der Waals surface area (Å²) in [6, 6.07) is 9.45. The van der Waals surface area contributed by atoms with E-state index in [1.807, 2.05) is 18.2 Å². The van der Waals surface area contributed by atoms with Crippen molar-refractivity contribution in [2.24, 2.45) is 0 Å². The van der Waals surface area contributed by atoms with Crippen LogP contribution in [0.25, 0.3) is 23.3 Å². The summed E-state index contributed by atoms with van der Waals surface area (Å²) in [7, 11) is 0. The Labute approximate surface area is 226 Å². The van der Waals surface area contributed by atoms with Crippen molar-refractivity contribution in [3.63, 3.8) is 0 Å². The molecule has 1 aliphatic carbocycles. The monoisotopic (exact) mass is 488 g/mol. The first kappa shape index (κ1) is 28.2. The van der Waals surface area contributed by atoms with Gasteiger partial charge >= 0.3 is 0 Å². The van der Waals surface area contributed by atoms with Gasteiger partial charge in [0.2, 0.25) is 0 Å². The lowest BCUT2D eigenvalue weighted by Gasteiger charge is -2.23. The topological polar surface area (TPSA) is 0 Å². The molecule has 0 spiro atoms. The van der Waals surface area contributed by atoms with Crippen LogP contribution >= 0.6 is 0 Å². The van der Waals surface area contributed by atoms with Gasteiger partial charge < -0.3 is 0 Å². The van der Waals surface area contributed by atoms with Gasteiger partial charge in [0.15, 0.2) is 0 Å². The van der Waals surface area contributed by atoms with Crippen LogP contribution in [0.3, 0.4) is 0 Å². The predicted octanol–water partition coefficient (Wildman–Crippen LogP) is 10.9. The molecule has 0 amide bonds. The third-order valence-corrected chi connectivity index (χ3v) is 7.88. The highest BCUT2D eigenvalue weighted by atomic mass is 14.4. The van der Waals surface area contributed by atoms with E-state index in [1.54, 1.807) is 0 Å². The van der Waals surface area contributed by atoms with E-state index >= 15 is 0 Å². The van der Waals surface area contributed by atoms with Crippen LogP contribution < -0.4 is 0 Å². The van der Waals surface area contributed by atoms with Crippen molar-refractivity contribution in [1.82, 2.24) is 0 Å². The summed E-state index contributed by atoms with van der Waals surface area (Å²) in [6.07, 6.45) is 17.7. The van der Waals surface area contributed by atoms with Gasteiger partial charge in [0.1, 0.15) is 0 Å². The Kier molecular flexibility index (Phi) is 8.98. The summed E-state index contributed by atoms with van der Waals surface area (Å²) in [5, 5.41) is 0. The first-order valence-corrected chi connectivity index (χ1v) is 13.6. The van der Waals surface area contributed by atoms with Gasteiger partial charge in [-0.05, 0) is 107 Å². The summed E-state index contributed by atoms with van der Waals surface area (Å²) in [6.45, 7) is 27.8. The molecule has 0 aliphatic heterocycles. The smallest absolute Gasteiger partial charge is 0.0159 e. The van der Waals surface area contributed by atoms with Gasteiger partial charge in [0.25, 0.3) is 0 Å². The highest BCUT2D eigenvalue weighted by Gasteiger charge is 2.37. The normalized spacial score (nSPS) is 15.3. The summed E-state index contributed by atoms with van der Waals surface area (Å²) in [4.78, 5) is 0. The van der Waals surface area contributed by atoms with E-state index in [-0.39, 0.29) is 5.41 Å². The molecule has 1 aliphatic rings. The lowest BCUT2D eigenvalue weighted by molar-refractivity contribution is 0.658. The zero-order valence-electron chi connectivity index (χ0n) is 24.1. The molecular formula is C37H44. The van der Waals surface area contributed by atoms with Gasteiger partial charge in [-0.15, -0.1) is 0 Å². The van der Waals surface area contributed by atoms with Crippen molar-refractivity contribution in [2.45, 2.75) is 73.1 Å². The molecule has 37 heavy (non-hydrogen) atoms. The van der Waals surface area contributed by atoms with E-state index in [1.165, 1.54) is 66.8 Å². The van der Waals surface area contributed by atoms with Gasteiger partial charge in [0.05, 0.1) is 0 Å². The molecule has 0 aromatic heterocycles. The van der Waals surface area contributed by atoms with Crippen LogP contribution in [0.1, 0.15) is 87.8 Å². The number of hydrogen-bond donors (Lipinski definition) is 0. The fourth-order valence-electron chi connectivity index (χ4n) is 5.93. The first-order chi connectivity index (χ1) is 17.7. The quantitative estimate of drug-likeness (QED) is 0.292. The number of allylic oxidation sites excluding steroid dienone is 9. The molecule has 3 rings (SSSR count). The number of rotatable bonds is 10. The summed E-state index contributed by atoms with van der Waals surface area (Å²) in [5.41, 5.74) is 15.8. The second-order valence-electron chi connectivity index (χ2n) is 10.6. The fraction of sp³-hybridized carbons (Fsp3) is 0.297. The predicted molar refractivity (Wildman–Crippen MR) is 167 cm³/mol. The second kappa shape index (κ2) is 11.8. The maximum Gasteiger partial charge on any atom is 0.0159 e. The number of benzene rings is 2. The van der Waals surface area contributed by atoms with Crippen LogP contribution in [0.15, 0.2) is 96.7 Å². The molecule has 0 fully saturated rings. The van der Waals surface area contributed by atoms with Gasteiger partial charge in [-0.25, -0.2) is 0 Å². The zero-order valence-corrected chi connectivity index (χ0v) is 24.1. The standard InChI is InChI=1S/C37H44/c1-11-17-29(18-12-2)26(8)32(19-13-3)28(14-4)23-27-20-21-33-34(24-27)37(9,10)35-22-25(7)30(15-5)31(16-6)36(33)35/h11-12,14-18,20-22,24H,1,5-6,13,19,23H2,2-4,7-10H3/b18-12-,28-14-,29-17+,32-26+. The molecule has 0 heterocycles. The lowest BCUT2D eigenvalue weighted by atomic mass is 9.80. The van der Waals surface area contributed by atoms with Crippen LogP contribution in [0.2, 0.25) is 0 Å². The Morgan fingerprint density at radius 1 is 0.973 bits per heavy atom. The third-order valence-electron chi connectivity index (χ3n) is 7.88. The minimum atomic E-state index is -0.0667. The molecule has 2 aromatic rings. The zero-order chi connectivity index (χ0) is 27.3. The summed E-state index contributed by atoms with van der Waals surface area (Å²) < 4.78 is 0. The first-order valence-electron chi connectivity index (χ1n) is 13.6. The maximum atomic E-state index is 4.16. The Morgan fingerprint density at radius 3 is 2.24 bits per heavy atom. The fourth-order valence-corrected chi connectivity index (χ4v) is 5.93. The lowest BCUT2D eigenvalue weighted by Crippen LogP contribution is -2.16. The number of fused-ring (bicyclic) bond motifs is 3. The number of hydrogen-bond acceptors (Lipinski definition) is 0. The van der Waals surface area contributed by atoms with Crippen LogP contribution in [0, 0.1) is 6.92 Å². The molecular weight excluding hydrogens is 444 g/mol. The molecule has 192 valence electrons. The highest BCUT2D eigenvalue weighted by molar-refractivity contribution is 5.91. The highest BCUT2D eigenvalue weighted by Crippen LogP contribution is 2.52. The molecule has 0 saturated heterocycles. The Morgan fingerprint density at radius 2 is 1.68 bits per heavy atom. The largest absolute Gasteiger partial charge is 0.0990 e. The van der Waals surface area contributed by atoms with E-state index in [0.717, 1.165) is 19.3 Å². The molecule has 0 atom stereocenters. The molecule has 0 saturated carbocycles. The van der Waals surface area contributed by atoms with Crippen LogP contribution in [-0.2, 0) is 11.8 Å². The third kappa shape index (κ3) is 5.21. The summed E-state index contributed by atoms with van der Waals surface area (Å²) in [5.74, 6) is 0. The van der Waals surface area contributed by atoms with Crippen molar-refractivity contribution in [3.05, 3.63) is 130 Å². The van der Waals surface area contributed by atoms with Crippen molar-refractivity contribution < 1.29 is 0 Å². The average molecular weight is 489 g/mol. The molecule has 0 N–H and O–H groups in total. The minimum Gasteiger partial charge on any atom is -0.0990 e. The molecule has 0 radical (unpaired) electrons. The molecule has 0 nitrogen and oxygen atoms in total. The number of aryl methyl sites for hydroxylation is 1. The van der Waals surface area contributed by atoms with Crippen LogP contribution in [0.4, 0.5) is 0 Å². The van der Waals surface area contributed by atoms with Gasteiger partial charge in [-0.1, -0.05) is 114 Å².